The Morgan fingerprint density at radius 3 is 2.60 bits per heavy atom. The predicted octanol–water partition coefficient (Wildman–Crippen LogP) is 5.91. The van der Waals surface area contributed by atoms with Gasteiger partial charge in [0.1, 0.15) is 30.6 Å². The number of anilines is 1. The number of thiophene rings is 1. The maximum absolute atomic E-state index is 14.4. The molecule has 268 valence electrons. The third-order valence-corrected chi connectivity index (χ3v) is 12.2. The molecule has 5 heterocycles. The topological polar surface area (TPSA) is 142 Å². The van der Waals surface area contributed by atoms with Gasteiger partial charge in [-0.3, -0.25) is 23.2 Å². The smallest absolute Gasteiger partial charge is 0.418 e. The molecule has 1 saturated heterocycles. The Balaban J connectivity index is 1.24. The Morgan fingerprint density at radius 1 is 1.13 bits per heavy atom. The summed E-state index contributed by atoms with van der Waals surface area (Å²) in [5.41, 5.74) is -1.01. The third kappa shape index (κ3) is 6.33. The fourth-order valence-corrected chi connectivity index (χ4v) is 9.40. The van der Waals surface area contributed by atoms with Crippen molar-refractivity contribution >= 4 is 62.6 Å². The fraction of sp³-hybridized carbons (Fsp3) is 0.265. The number of imidazole rings is 1. The molecule has 0 amide bonds. The Labute approximate surface area is 303 Å². The average molecular weight is 769 g/mol. The summed E-state index contributed by atoms with van der Waals surface area (Å²) < 4.78 is 65.9. The lowest BCUT2D eigenvalue weighted by Crippen LogP contribution is -2.45. The molecule has 0 bridgehead atoms. The minimum Gasteiger partial charge on any atom is -0.491 e. The first kappa shape index (κ1) is 35.6. The first-order valence-electron chi connectivity index (χ1n) is 15.9. The lowest BCUT2D eigenvalue weighted by Gasteiger charge is -2.36. The number of rotatable bonds is 8. The van der Waals surface area contributed by atoms with Crippen molar-refractivity contribution in [2.24, 2.45) is 0 Å². The van der Waals surface area contributed by atoms with Gasteiger partial charge < -0.3 is 19.4 Å². The summed E-state index contributed by atoms with van der Waals surface area (Å²) >= 11 is 7.65. The Bertz CT molecular complexity index is 2490. The number of likely N-dealkylation sites (N-methyl/N-ethyl adjacent to an activating group) is 1. The SMILES string of the molecule is Cc1nc2cc(C(F)(F)F)c(N3CCN(C)CC3)c(C#N)c2c(=O)n1CCOc1ccc(Cl)cc1-c1ccnc2c(P(=O)(O)n3ccnc3)csc12. The lowest BCUT2D eigenvalue weighted by atomic mass is 10.00. The zero-order valence-electron chi connectivity index (χ0n) is 27.6. The molecule has 1 aliphatic heterocycles. The van der Waals surface area contributed by atoms with Gasteiger partial charge in [-0.05, 0) is 44.3 Å². The number of aryl methyl sites for hydroxylation is 1. The van der Waals surface area contributed by atoms with E-state index < -0.39 is 24.8 Å². The predicted molar refractivity (Wildman–Crippen MR) is 193 cm³/mol. The summed E-state index contributed by atoms with van der Waals surface area (Å²) in [5.74, 6) is 0.535. The molecule has 12 nitrogen and oxygen atoms in total. The number of pyridine rings is 1. The van der Waals surface area contributed by atoms with Crippen LogP contribution >= 0.6 is 30.5 Å². The van der Waals surface area contributed by atoms with Gasteiger partial charge in [0.15, 0.2) is 0 Å². The zero-order valence-corrected chi connectivity index (χ0v) is 30.1. The maximum Gasteiger partial charge on any atom is 0.418 e. The number of nitriles is 1. The second-order valence-electron chi connectivity index (χ2n) is 12.2. The van der Waals surface area contributed by atoms with Gasteiger partial charge in [-0.25, -0.2) is 9.97 Å². The van der Waals surface area contributed by atoms with Crippen molar-refractivity contribution in [3.8, 4) is 22.9 Å². The first-order valence-corrected chi connectivity index (χ1v) is 18.8. The van der Waals surface area contributed by atoms with E-state index in [1.54, 1.807) is 29.6 Å². The molecule has 0 spiro atoms. The van der Waals surface area contributed by atoms with Crippen molar-refractivity contribution in [1.29, 1.82) is 5.26 Å². The van der Waals surface area contributed by atoms with Crippen LogP contribution in [0.3, 0.4) is 0 Å². The molecule has 0 radical (unpaired) electrons. The molecule has 2 aromatic carbocycles. The normalized spacial score (nSPS) is 15.2. The molecule has 1 unspecified atom stereocenters. The van der Waals surface area contributed by atoms with Gasteiger partial charge in [-0.2, -0.15) is 18.4 Å². The maximum atomic E-state index is 14.4. The van der Waals surface area contributed by atoms with Crippen LogP contribution in [0.5, 0.6) is 5.75 Å². The second kappa shape index (κ2) is 13.6. The number of halogens is 4. The van der Waals surface area contributed by atoms with Crippen LogP contribution in [0.2, 0.25) is 5.02 Å². The minimum atomic E-state index is -4.78. The van der Waals surface area contributed by atoms with E-state index in [1.807, 2.05) is 18.0 Å². The van der Waals surface area contributed by atoms with Gasteiger partial charge >= 0.3 is 13.7 Å². The number of alkyl halides is 3. The highest BCUT2D eigenvalue weighted by atomic mass is 35.5. The molecule has 18 heteroatoms. The summed E-state index contributed by atoms with van der Waals surface area (Å²) in [6.45, 7) is 2.90. The standard InChI is InChI=1S/C34H29ClF3N8O4PS/c1-20-42-26-16-25(34(36,37)38)31(44-11-9-43(2)10-12-44)24(17-39)29(26)33(47)46(20)13-14-50-27-4-3-21(35)15-23(27)22-5-6-41-30-28(18-52-32(22)30)51(48,49)45-8-7-40-19-45/h3-8,15-16,18-19H,9-14H2,1-2H3,(H,48,49). The number of hydrogen-bond donors (Lipinski definition) is 1. The van der Waals surface area contributed by atoms with Crippen molar-refractivity contribution in [2.45, 2.75) is 19.6 Å². The number of benzene rings is 2. The molecule has 4 aromatic heterocycles. The Hall–Kier alpha value is -4.78. The summed E-state index contributed by atoms with van der Waals surface area (Å²) in [6, 6.07) is 9.47. The van der Waals surface area contributed by atoms with E-state index in [-0.39, 0.29) is 59.5 Å². The van der Waals surface area contributed by atoms with Gasteiger partial charge in [0.05, 0.1) is 49.8 Å². The van der Waals surface area contributed by atoms with Gasteiger partial charge in [0.25, 0.3) is 5.56 Å². The molecular weight excluding hydrogens is 740 g/mol. The summed E-state index contributed by atoms with van der Waals surface area (Å²) in [7, 11) is -2.20. The van der Waals surface area contributed by atoms with Crippen LogP contribution in [0.4, 0.5) is 18.9 Å². The van der Waals surface area contributed by atoms with Crippen LogP contribution in [-0.4, -0.2) is 73.5 Å². The second-order valence-corrected chi connectivity index (χ2v) is 15.5. The number of hydrogen-bond acceptors (Lipinski definition) is 10. The van der Waals surface area contributed by atoms with E-state index in [9.17, 15) is 32.7 Å². The summed E-state index contributed by atoms with van der Waals surface area (Å²) in [4.78, 5) is 41.1. The van der Waals surface area contributed by atoms with Crippen LogP contribution in [0.25, 0.3) is 32.2 Å². The molecule has 7 rings (SSSR count). The van der Waals surface area contributed by atoms with Crippen molar-refractivity contribution < 1.29 is 27.4 Å². The van der Waals surface area contributed by atoms with Crippen LogP contribution in [0.15, 0.2) is 65.4 Å². The monoisotopic (exact) mass is 768 g/mol. The third-order valence-electron chi connectivity index (χ3n) is 9.00. The van der Waals surface area contributed by atoms with Gasteiger partial charge in [-0.15, -0.1) is 11.3 Å². The fourth-order valence-electron chi connectivity index (χ4n) is 6.39. The minimum absolute atomic E-state index is 0.0427. The van der Waals surface area contributed by atoms with Gasteiger partial charge in [0, 0.05) is 66.3 Å². The highest BCUT2D eigenvalue weighted by molar-refractivity contribution is 7.65. The molecule has 0 saturated carbocycles. The zero-order chi connectivity index (χ0) is 36.9. The van der Waals surface area contributed by atoms with E-state index in [1.165, 1.54) is 52.6 Å². The molecule has 1 aliphatic rings. The molecule has 1 atom stereocenters. The number of aromatic nitrogens is 5. The average Bonchev–Trinajstić information content (AvgIpc) is 3.81. The van der Waals surface area contributed by atoms with Crippen LogP contribution < -0.4 is 20.5 Å². The van der Waals surface area contributed by atoms with E-state index in [0.29, 0.717) is 45.2 Å². The lowest BCUT2D eigenvalue weighted by molar-refractivity contribution is -0.137. The van der Waals surface area contributed by atoms with Crippen molar-refractivity contribution in [1.82, 2.24) is 28.8 Å². The van der Waals surface area contributed by atoms with Crippen molar-refractivity contribution in [3.63, 3.8) is 0 Å². The summed E-state index contributed by atoms with van der Waals surface area (Å²) in [6.07, 6.45) is 0.817. The molecular formula is C34H29ClF3N8O4PS. The highest BCUT2D eigenvalue weighted by Crippen LogP contribution is 2.46. The molecule has 1 N–H and O–H groups in total. The first-order chi connectivity index (χ1) is 24.8. The summed E-state index contributed by atoms with van der Waals surface area (Å²) in [5, 5.41) is 12.2. The van der Waals surface area contributed by atoms with Crippen molar-refractivity contribution in [3.05, 3.63) is 93.0 Å². The Morgan fingerprint density at radius 2 is 1.90 bits per heavy atom. The van der Waals surface area contributed by atoms with E-state index in [2.05, 4.69) is 15.0 Å². The van der Waals surface area contributed by atoms with Crippen LogP contribution in [0.1, 0.15) is 17.0 Å². The number of ether oxygens (including phenoxy) is 1. The number of piperazine rings is 1. The molecule has 6 aromatic rings. The molecule has 52 heavy (non-hydrogen) atoms. The Kier molecular flexibility index (Phi) is 9.35. The largest absolute Gasteiger partial charge is 0.491 e. The van der Waals surface area contributed by atoms with Crippen molar-refractivity contribution in [2.75, 3.05) is 44.7 Å². The van der Waals surface area contributed by atoms with Crippen LogP contribution in [-0.2, 0) is 17.3 Å². The quantitative estimate of drug-likeness (QED) is 0.186. The molecule has 1 fully saturated rings. The number of nitrogens with zero attached hydrogens (tertiary/aromatic N) is 8. The molecule has 0 aliphatic carbocycles. The van der Waals surface area contributed by atoms with E-state index in [4.69, 9.17) is 16.3 Å². The number of fused-ring (bicyclic) bond motifs is 2. The van der Waals surface area contributed by atoms with Crippen LogP contribution in [0, 0.1) is 18.3 Å². The highest BCUT2D eigenvalue weighted by Gasteiger charge is 2.39. The van der Waals surface area contributed by atoms with E-state index >= 15 is 0 Å². The van der Waals surface area contributed by atoms with Gasteiger partial charge in [0.2, 0.25) is 0 Å². The van der Waals surface area contributed by atoms with E-state index in [0.717, 1.165) is 10.4 Å². The van der Waals surface area contributed by atoms with Gasteiger partial charge in [-0.1, -0.05) is 11.6 Å².